The number of nitrogens with zero attached hydrogens (tertiary/aromatic N) is 1. The zero-order valence-electron chi connectivity index (χ0n) is 29.4. The zero-order valence-corrected chi connectivity index (χ0v) is 29.4. The summed E-state index contributed by atoms with van der Waals surface area (Å²) in [5, 5.41) is 12.9. The number of ether oxygens (including phenoxy) is 2. The third-order valence-electron chi connectivity index (χ3n) is 7.04. The molecule has 0 aliphatic rings. The van der Waals surface area contributed by atoms with E-state index in [9.17, 15) is 28.8 Å². The van der Waals surface area contributed by atoms with Gasteiger partial charge < -0.3 is 30.2 Å². The number of amides is 5. The van der Waals surface area contributed by atoms with Crippen molar-refractivity contribution in [2.75, 3.05) is 6.54 Å². The summed E-state index contributed by atoms with van der Waals surface area (Å²) < 4.78 is 10.5. The van der Waals surface area contributed by atoms with E-state index in [1.807, 2.05) is 39.8 Å². The molecule has 272 valence electrons. The average Bonchev–Trinajstić information content (AvgIpc) is 3.07. The van der Waals surface area contributed by atoms with Crippen LogP contribution in [0.4, 0.5) is 9.59 Å². The summed E-state index contributed by atoms with van der Waals surface area (Å²) in [6, 6.07) is 15.4. The Kier molecular flexibility index (Phi) is 18.3. The molecule has 0 fully saturated rings. The first kappa shape index (κ1) is 40.9. The summed E-state index contributed by atoms with van der Waals surface area (Å²) >= 11 is 0. The van der Waals surface area contributed by atoms with E-state index in [1.165, 1.54) is 6.92 Å². The van der Waals surface area contributed by atoms with Crippen LogP contribution in [0, 0.1) is 11.8 Å². The van der Waals surface area contributed by atoms with Crippen LogP contribution >= 0.6 is 0 Å². The molecule has 0 aliphatic carbocycles. The van der Waals surface area contributed by atoms with E-state index in [2.05, 4.69) is 31.6 Å². The minimum Gasteiger partial charge on any atom is -0.444 e. The number of aldehydes is 1. The summed E-state index contributed by atoms with van der Waals surface area (Å²) in [6.07, 6.45) is 0.0160. The molecule has 2 aromatic rings. The van der Waals surface area contributed by atoms with Crippen LogP contribution in [0.5, 0.6) is 0 Å². The molecule has 50 heavy (non-hydrogen) atoms. The molecule has 14 heteroatoms. The third kappa shape index (κ3) is 17.2. The molecule has 5 amide bonds. The van der Waals surface area contributed by atoms with E-state index in [4.69, 9.17) is 9.47 Å². The molecule has 0 saturated carbocycles. The predicted octanol–water partition coefficient (Wildman–Crippen LogP) is 3.74. The van der Waals surface area contributed by atoms with Crippen LogP contribution in [0.25, 0.3) is 0 Å². The van der Waals surface area contributed by atoms with Crippen LogP contribution < -0.4 is 26.6 Å². The molecular formula is C36H50N6O8. The van der Waals surface area contributed by atoms with Crippen LogP contribution in [0.15, 0.2) is 65.7 Å². The number of benzene rings is 2. The van der Waals surface area contributed by atoms with Gasteiger partial charge in [-0.25, -0.2) is 9.59 Å². The smallest absolute Gasteiger partial charge is 0.414 e. The minimum atomic E-state index is -0.935. The van der Waals surface area contributed by atoms with Gasteiger partial charge in [0.1, 0.15) is 31.6 Å². The van der Waals surface area contributed by atoms with Crippen molar-refractivity contribution in [1.29, 1.82) is 0 Å². The van der Waals surface area contributed by atoms with Gasteiger partial charge in [0.05, 0.1) is 6.04 Å². The van der Waals surface area contributed by atoms with Crippen molar-refractivity contribution in [2.24, 2.45) is 16.8 Å². The molecule has 0 radical (unpaired) electrons. The minimum absolute atomic E-state index is 0.0109. The van der Waals surface area contributed by atoms with Crippen molar-refractivity contribution in [3.63, 3.8) is 0 Å². The van der Waals surface area contributed by atoms with Crippen molar-refractivity contribution in [1.82, 2.24) is 26.6 Å². The maximum absolute atomic E-state index is 13.2. The van der Waals surface area contributed by atoms with Crippen LogP contribution in [0.1, 0.15) is 71.4 Å². The van der Waals surface area contributed by atoms with Gasteiger partial charge in [-0.2, -0.15) is 0 Å². The first-order chi connectivity index (χ1) is 23.9. The second kappa shape index (κ2) is 22.4. The van der Waals surface area contributed by atoms with E-state index in [1.54, 1.807) is 48.5 Å². The summed E-state index contributed by atoms with van der Waals surface area (Å²) in [5.74, 6) is -1.45. The number of guanidine groups is 1. The van der Waals surface area contributed by atoms with Gasteiger partial charge in [0.15, 0.2) is 0 Å². The fourth-order valence-corrected chi connectivity index (χ4v) is 4.71. The lowest BCUT2D eigenvalue weighted by Crippen LogP contribution is -2.55. The largest absolute Gasteiger partial charge is 0.444 e. The molecule has 0 aliphatic heterocycles. The molecule has 0 unspecified atom stereocenters. The van der Waals surface area contributed by atoms with Gasteiger partial charge in [-0.1, -0.05) is 88.4 Å². The Hall–Kier alpha value is -5.27. The summed E-state index contributed by atoms with van der Waals surface area (Å²) in [5.41, 5.74) is 1.52. The molecule has 0 bridgehead atoms. The van der Waals surface area contributed by atoms with Crippen molar-refractivity contribution in [3.8, 4) is 0 Å². The molecular weight excluding hydrogens is 644 g/mol. The van der Waals surface area contributed by atoms with Gasteiger partial charge in [0.25, 0.3) is 0 Å². The monoisotopic (exact) mass is 694 g/mol. The lowest BCUT2D eigenvalue weighted by atomic mass is 9.99. The molecule has 0 spiro atoms. The first-order valence-electron chi connectivity index (χ1n) is 16.7. The Morgan fingerprint density at radius 3 is 1.60 bits per heavy atom. The number of nitrogens with one attached hydrogen (secondary N) is 5. The van der Waals surface area contributed by atoms with Gasteiger partial charge in [0.2, 0.25) is 23.7 Å². The number of aliphatic imine (C=N–C) groups is 1. The lowest BCUT2D eigenvalue weighted by molar-refractivity contribution is -0.133. The topological polar surface area (TPSA) is 193 Å². The van der Waals surface area contributed by atoms with Gasteiger partial charge in [0, 0.05) is 13.5 Å². The highest BCUT2D eigenvalue weighted by Crippen LogP contribution is 2.10. The summed E-state index contributed by atoms with van der Waals surface area (Å²) in [4.78, 5) is 79.2. The Bertz CT molecular complexity index is 1360. The normalized spacial score (nSPS) is 12.5. The van der Waals surface area contributed by atoms with E-state index < -0.39 is 42.1 Å². The fraction of sp³-hybridized carbons (Fsp3) is 0.472. The Balaban J connectivity index is 2.02. The fourth-order valence-electron chi connectivity index (χ4n) is 4.71. The van der Waals surface area contributed by atoms with E-state index in [-0.39, 0.29) is 56.3 Å². The third-order valence-corrected chi connectivity index (χ3v) is 7.04. The summed E-state index contributed by atoms with van der Waals surface area (Å²) in [6.45, 7) is 8.99. The number of rotatable bonds is 18. The van der Waals surface area contributed by atoms with E-state index in [0.717, 1.165) is 11.1 Å². The molecule has 0 heterocycles. The average molecular weight is 695 g/mol. The predicted molar refractivity (Wildman–Crippen MR) is 188 cm³/mol. The number of carbonyl (C=O) groups is 6. The Morgan fingerprint density at radius 2 is 1.16 bits per heavy atom. The highest BCUT2D eigenvalue weighted by molar-refractivity contribution is 6.01. The van der Waals surface area contributed by atoms with Crippen molar-refractivity contribution in [3.05, 3.63) is 71.8 Å². The molecule has 2 rings (SSSR count). The van der Waals surface area contributed by atoms with Crippen LogP contribution in [-0.2, 0) is 41.9 Å². The van der Waals surface area contributed by atoms with Crippen LogP contribution in [0.3, 0.4) is 0 Å². The van der Waals surface area contributed by atoms with E-state index in [0.29, 0.717) is 19.1 Å². The Morgan fingerprint density at radius 1 is 0.700 bits per heavy atom. The number of hydrogen-bond donors (Lipinski definition) is 5. The molecule has 0 saturated heterocycles. The van der Waals surface area contributed by atoms with Gasteiger partial charge in [-0.05, 0) is 48.6 Å². The van der Waals surface area contributed by atoms with Crippen molar-refractivity contribution < 1.29 is 38.2 Å². The lowest BCUT2D eigenvalue weighted by Gasteiger charge is -2.25. The SMILES string of the molecule is CC(=O)N[C@@H](CC(C)C)C(=O)N[C@@H](CC(C)C)C(=O)N[C@H](C=O)CCCN=C(NC(=O)OCc1ccccc1)NC(=O)OCc1ccccc1. The number of carbonyl (C=O) groups excluding carboxylic acids is 6. The van der Waals surface area contributed by atoms with Crippen molar-refractivity contribution in [2.45, 2.75) is 91.6 Å². The zero-order chi connectivity index (χ0) is 36.9. The highest BCUT2D eigenvalue weighted by atomic mass is 16.6. The standard InChI is InChI=1S/C36H50N6O8/c1-24(2)19-30(38-26(5)44)33(46)40-31(20-25(3)4)32(45)39-29(21-43)17-12-18-37-34(41-35(47)49-22-27-13-8-6-9-14-27)42-36(48)50-23-28-15-10-7-11-16-28/h6-11,13-16,21,24-25,29-31H,12,17-20,22-23H2,1-5H3,(H,38,44)(H,39,45)(H,40,46)(H2,37,41,42,47,48)/t29-,30-,31-/m0/s1. The molecule has 5 N–H and O–H groups in total. The van der Waals surface area contributed by atoms with Gasteiger partial charge in [-0.3, -0.25) is 30.0 Å². The van der Waals surface area contributed by atoms with Crippen LogP contribution in [0.2, 0.25) is 0 Å². The molecule has 0 aromatic heterocycles. The van der Waals surface area contributed by atoms with Gasteiger partial charge >= 0.3 is 12.2 Å². The number of hydrogen-bond acceptors (Lipinski definition) is 9. The summed E-state index contributed by atoms with van der Waals surface area (Å²) in [7, 11) is 0. The Labute approximate surface area is 293 Å². The molecule has 2 aromatic carbocycles. The van der Waals surface area contributed by atoms with Crippen molar-refractivity contribution >= 4 is 42.2 Å². The second-order valence-electron chi connectivity index (χ2n) is 12.6. The first-order valence-corrected chi connectivity index (χ1v) is 16.7. The highest BCUT2D eigenvalue weighted by Gasteiger charge is 2.28. The quantitative estimate of drug-likeness (QED) is 0.0674. The molecule has 14 nitrogen and oxygen atoms in total. The second-order valence-corrected chi connectivity index (χ2v) is 12.6. The number of alkyl carbamates (subject to hydrolysis) is 2. The van der Waals surface area contributed by atoms with Gasteiger partial charge in [-0.15, -0.1) is 0 Å². The van der Waals surface area contributed by atoms with E-state index >= 15 is 0 Å². The molecule has 3 atom stereocenters. The van der Waals surface area contributed by atoms with Crippen LogP contribution in [-0.4, -0.2) is 66.8 Å². The maximum atomic E-state index is 13.2. The maximum Gasteiger partial charge on any atom is 0.414 e.